The Labute approximate surface area is 133 Å². The SMILES string of the molecule is Cc1nc2c(C(F)(F)F)cccc2c(=O)n1[C@H]1CCC(=O)NC1=O. The Kier molecular flexibility index (Phi) is 3.66. The summed E-state index contributed by atoms with van der Waals surface area (Å²) >= 11 is 0. The van der Waals surface area contributed by atoms with Crippen LogP contribution in [0.15, 0.2) is 23.0 Å². The minimum absolute atomic E-state index is 0.0151. The molecule has 0 unspecified atom stereocenters. The minimum atomic E-state index is -4.65. The molecule has 0 aliphatic carbocycles. The van der Waals surface area contributed by atoms with E-state index in [1.54, 1.807) is 0 Å². The van der Waals surface area contributed by atoms with Crippen LogP contribution < -0.4 is 10.9 Å². The van der Waals surface area contributed by atoms with Crippen LogP contribution in [0.4, 0.5) is 13.2 Å². The highest BCUT2D eigenvalue weighted by molar-refractivity contribution is 5.99. The van der Waals surface area contributed by atoms with Crippen molar-refractivity contribution in [2.75, 3.05) is 0 Å². The third-order valence-corrected chi connectivity index (χ3v) is 3.93. The maximum Gasteiger partial charge on any atom is 0.418 e. The molecule has 1 fully saturated rings. The van der Waals surface area contributed by atoms with E-state index in [-0.39, 0.29) is 24.1 Å². The first-order valence-corrected chi connectivity index (χ1v) is 7.13. The van der Waals surface area contributed by atoms with Gasteiger partial charge in [0.15, 0.2) is 0 Å². The molecule has 1 aliphatic rings. The number of nitrogens with one attached hydrogen (secondary N) is 1. The number of rotatable bonds is 1. The Morgan fingerprint density at radius 1 is 1.25 bits per heavy atom. The topological polar surface area (TPSA) is 81.1 Å². The zero-order valence-electron chi connectivity index (χ0n) is 12.5. The molecule has 0 bridgehead atoms. The molecule has 0 saturated carbocycles. The number of benzene rings is 1. The summed E-state index contributed by atoms with van der Waals surface area (Å²) in [5, 5.41) is 1.90. The van der Waals surface area contributed by atoms with Crippen LogP contribution in [0.5, 0.6) is 0 Å². The van der Waals surface area contributed by atoms with Gasteiger partial charge in [0.25, 0.3) is 5.56 Å². The van der Waals surface area contributed by atoms with Gasteiger partial charge in [-0.3, -0.25) is 24.3 Å². The molecular weight excluding hydrogens is 327 g/mol. The Balaban J connectivity index is 2.24. The number of fused-ring (bicyclic) bond motifs is 1. The second kappa shape index (κ2) is 5.43. The predicted molar refractivity (Wildman–Crippen MR) is 77.2 cm³/mol. The fraction of sp³-hybridized carbons (Fsp3) is 0.333. The normalized spacial score (nSPS) is 18.8. The van der Waals surface area contributed by atoms with Crippen LogP contribution in [0.1, 0.15) is 30.3 Å². The van der Waals surface area contributed by atoms with Gasteiger partial charge in [-0.25, -0.2) is 4.98 Å². The van der Waals surface area contributed by atoms with Gasteiger partial charge in [-0.2, -0.15) is 13.2 Å². The highest BCUT2D eigenvalue weighted by Gasteiger charge is 2.35. The molecule has 1 aromatic carbocycles. The van der Waals surface area contributed by atoms with E-state index in [2.05, 4.69) is 10.3 Å². The van der Waals surface area contributed by atoms with Gasteiger partial charge in [0.05, 0.1) is 16.5 Å². The minimum Gasteiger partial charge on any atom is -0.295 e. The van der Waals surface area contributed by atoms with E-state index in [0.717, 1.165) is 16.7 Å². The molecule has 6 nitrogen and oxygen atoms in total. The molecule has 9 heteroatoms. The summed E-state index contributed by atoms with van der Waals surface area (Å²) in [6.45, 7) is 1.36. The molecule has 1 N–H and O–H groups in total. The highest BCUT2D eigenvalue weighted by atomic mass is 19.4. The van der Waals surface area contributed by atoms with Gasteiger partial charge in [-0.05, 0) is 25.5 Å². The molecule has 1 atom stereocenters. The van der Waals surface area contributed by atoms with Crippen molar-refractivity contribution in [3.8, 4) is 0 Å². The van der Waals surface area contributed by atoms with E-state index in [4.69, 9.17) is 0 Å². The lowest BCUT2D eigenvalue weighted by Crippen LogP contribution is -2.45. The maximum atomic E-state index is 13.1. The zero-order valence-corrected chi connectivity index (χ0v) is 12.5. The number of alkyl halides is 3. The van der Waals surface area contributed by atoms with Crippen molar-refractivity contribution >= 4 is 22.7 Å². The standard InChI is InChI=1S/C15H12F3N3O3/c1-7-19-12-8(3-2-4-9(12)15(16,17)18)14(24)21(7)10-5-6-11(22)20-13(10)23/h2-4,10H,5-6H2,1H3,(H,20,22,23)/t10-/m0/s1. The number of amides is 2. The molecule has 1 aliphatic heterocycles. The van der Waals surface area contributed by atoms with Crippen LogP contribution in [-0.2, 0) is 15.8 Å². The van der Waals surface area contributed by atoms with Crippen molar-refractivity contribution in [2.24, 2.45) is 0 Å². The molecule has 2 heterocycles. The number of aromatic nitrogens is 2. The van der Waals surface area contributed by atoms with Gasteiger partial charge in [-0.1, -0.05) is 6.07 Å². The van der Waals surface area contributed by atoms with Gasteiger partial charge in [0, 0.05) is 6.42 Å². The second-order valence-corrected chi connectivity index (χ2v) is 5.50. The van der Waals surface area contributed by atoms with Crippen LogP contribution in [0.3, 0.4) is 0 Å². The predicted octanol–water partition coefficient (Wildman–Crippen LogP) is 1.70. The number of hydrogen-bond acceptors (Lipinski definition) is 4. The van der Waals surface area contributed by atoms with E-state index >= 15 is 0 Å². The van der Waals surface area contributed by atoms with Crippen LogP contribution in [0.2, 0.25) is 0 Å². The van der Waals surface area contributed by atoms with Crippen molar-refractivity contribution in [1.82, 2.24) is 14.9 Å². The van der Waals surface area contributed by atoms with Gasteiger partial charge in [0.2, 0.25) is 11.8 Å². The molecule has 24 heavy (non-hydrogen) atoms. The molecule has 0 spiro atoms. The monoisotopic (exact) mass is 339 g/mol. The lowest BCUT2D eigenvalue weighted by molar-refractivity contribution is -0.137. The number of aryl methyl sites for hydroxylation is 1. The summed E-state index contributed by atoms with van der Waals surface area (Å²) in [5.41, 5.74) is -2.19. The van der Waals surface area contributed by atoms with Crippen molar-refractivity contribution in [1.29, 1.82) is 0 Å². The number of carbonyl (C=O) groups is 2. The van der Waals surface area contributed by atoms with E-state index in [0.29, 0.717) is 0 Å². The molecule has 126 valence electrons. The largest absolute Gasteiger partial charge is 0.418 e. The van der Waals surface area contributed by atoms with Crippen molar-refractivity contribution in [3.63, 3.8) is 0 Å². The number of carbonyl (C=O) groups excluding carboxylic acids is 2. The summed E-state index contributed by atoms with van der Waals surface area (Å²) in [4.78, 5) is 39.8. The molecule has 0 radical (unpaired) electrons. The summed E-state index contributed by atoms with van der Waals surface area (Å²) in [7, 11) is 0. The van der Waals surface area contributed by atoms with E-state index < -0.39 is 40.7 Å². The average molecular weight is 339 g/mol. The van der Waals surface area contributed by atoms with Crippen LogP contribution in [0.25, 0.3) is 10.9 Å². The quantitative estimate of drug-likeness (QED) is 0.802. The average Bonchev–Trinajstić information content (AvgIpc) is 2.47. The third-order valence-electron chi connectivity index (χ3n) is 3.93. The summed E-state index contributed by atoms with van der Waals surface area (Å²) < 4.78 is 40.3. The number of para-hydroxylation sites is 1. The second-order valence-electron chi connectivity index (χ2n) is 5.50. The molecule has 2 aromatic rings. The van der Waals surface area contributed by atoms with Crippen molar-refractivity contribution < 1.29 is 22.8 Å². The number of halogens is 3. The van der Waals surface area contributed by atoms with Crippen molar-refractivity contribution in [3.05, 3.63) is 39.9 Å². The first kappa shape index (κ1) is 16.2. The first-order valence-electron chi connectivity index (χ1n) is 7.13. The van der Waals surface area contributed by atoms with Crippen LogP contribution in [0, 0.1) is 6.92 Å². The van der Waals surface area contributed by atoms with Crippen molar-refractivity contribution in [2.45, 2.75) is 32.0 Å². The summed E-state index contributed by atoms with van der Waals surface area (Å²) in [6.07, 6.45) is -4.51. The van der Waals surface area contributed by atoms with Gasteiger partial charge < -0.3 is 0 Å². The summed E-state index contributed by atoms with van der Waals surface area (Å²) in [5.74, 6) is -1.13. The highest BCUT2D eigenvalue weighted by Crippen LogP contribution is 2.33. The fourth-order valence-corrected chi connectivity index (χ4v) is 2.85. The fourth-order valence-electron chi connectivity index (χ4n) is 2.85. The van der Waals surface area contributed by atoms with E-state index in [1.807, 2.05) is 0 Å². The molecule has 1 saturated heterocycles. The number of nitrogens with zero attached hydrogens (tertiary/aromatic N) is 2. The van der Waals surface area contributed by atoms with Crippen LogP contribution >= 0.6 is 0 Å². The Morgan fingerprint density at radius 3 is 2.58 bits per heavy atom. The summed E-state index contributed by atoms with van der Waals surface area (Å²) in [6, 6.07) is 2.24. The Bertz CT molecular complexity index is 918. The Hall–Kier alpha value is -2.71. The smallest absolute Gasteiger partial charge is 0.295 e. The van der Waals surface area contributed by atoms with Gasteiger partial charge >= 0.3 is 6.18 Å². The lowest BCUT2D eigenvalue weighted by Gasteiger charge is -2.24. The number of hydrogen-bond donors (Lipinski definition) is 1. The Morgan fingerprint density at radius 2 is 1.96 bits per heavy atom. The molecular formula is C15H12F3N3O3. The molecule has 2 amide bonds. The van der Waals surface area contributed by atoms with Crippen LogP contribution in [-0.4, -0.2) is 21.4 Å². The van der Waals surface area contributed by atoms with E-state index in [9.17, 15) is 27.6 Å². The zero-order chi connectivity index (χ0) is 17.6. The lowest BCUT2D eigenvalue weighted by atomic mass is 10.0. The van der Waals surface area contributed by atoms with Gasteiger partial charge in [-0.15, -0.1) is 0 Å². The first-order chi connectivity index (χ1) is 11.2. The van der Waals surface area contributed by atoms with Gasteiger partial charge in [0.1, 0.15) is 11.9 Å². The number of imide groups is 1. The van der Waals surface area contributed by atoms with E-state index in [1.165, 1.54) is 13.0 Å². The maximum absolute atomic E-state index is 13.1. The molecule has 1 aromatic heterocycles. The third kappa shape index (κ3) is 2.55. The number of piperidine rings is 1. The molecule has 3 rings (SSSR count).